The maximum atomic E-state index is 12.8. The van der Waals surface area contributed by atoms with Crippen LogP contribution in [0.3, 0.4) is 0 Å². The number of carbonyl (C=O) groups excluding carboxylic acids is 2. The molecule has 1 aromatic carbocycles. The Morgan fingerprint density at radius 1 is 1.15 bits per heavy atom. The van der Waals surface area contributed by atoms with Crippen molar-refractivity contribution in [2.45, 2.75) is 70.8 Å². The lowest BCUT2D eigenvalue weighted by molar-refractivity contribution is -0.144. The van der Waals surface area contributed by atoms with Crippen LogP contribution in [0.4, 0.5) is 0 Å². The summed E-state index contributed by atoms with van der Waals surface area (Å²) in [7, 11) is 0. The Labute approximate surface area is 161 Å². The van der Waals surface area contributed by atoms with Crippen molar-refractivity contribution < 1.29 is 19.4 Å². The van der Waals surface area contributed by atoms with Gasteiger partial charge in [0.05, 0.1) is 12.0 Å². The lowest BCUT2D eigenvalue weighted by Gasteiger charge is -2.31. The first-order chi connectivity index (χ1) is 12.7. The summed E-state index contributed by atoms with van der Waals surface area (Å²) in [5.41, 5.74) is 0.483. The summed E-state index contributed by atoms with van der Waals surface area (Å²) in [6, 6.07) is 7.77. The number of rotatable bonds is 5. The summed E-state index contributed by atoms with van der Waals surface area (Å²) < 4.78 is 5.84. The van der Waals surface area contributed by atoms with Crippen LogP contribution in [0.15, 0.2) is 24.3 Å². The van der Waals surface area contributed by atoms with E-state index in [1.165, 1.54) is 4.90 Å². The number of ether oxygens (including phenoxy) is 1. The van der Waals surface area contributed by atoms with Crippen LogP contribution >= 0.6 is 0 Å². The van der Waals surface area contributed by atoms with Crippen LogP contribution in [0.2, 0.25) is 0 Å². The molecular weight excluding hydrogens is 342 g/mol. The van der Waals surface area contributed by atoms with Crippen LogP contribution in [0.5, 0.6) is 5.75 Å². The number of hydrogen-bond donors (Lipinski definition) is 1. The number of amides is 2. The smallest absolute Gasteiger partial charge is 0.235 e. The molecule has 1 saturated carbocycles. The van der Waals surface area contributed by atoms with Gasteiger partial charge in [-0.05, 0) is 29.9 Å². The van der Waals surface area contributed by atoms with Gasteiger partial charge in [0.15, 0.2) is 0 Å². The van der Waals surface area contributed by atoms with E-state index >= 15 is 0 Å². The molecule has 2 amide bonds. The highest BCUT2D eigenvalue weighted by Crippen LogP contribution is 2.45. The Morgan fingerprint density at radius 2 is 1.81 bits per heavy atom. The van der Waals surface area contributed by atoms with Gasteiger partial charge in [-0.3, -0.25) is 14.5 Å². The molecule has 1 spiro atoms. The predicted octanol–water partition coefficient (Wildman–Crippen LogP) is 3.43. The molecule has 2 fully saturated rings. The maximum absolute atomic E-state index is 12.8. The van der Waals surface area contributed by atoms with Gasteiger partial charge in [0.25, 0.3) is 0 Å². The quantitative estimate of drug-likeness (QED) is 0.803. The third kappa shape index (κ3) is 4.18. The Bertz CT molecular complexity index is 701. The summed E-state index contributed by atoms with van der Waals surface area (Å²) in [6.07, 6.45) is 4.12. The second kappa shape index (κ2) is 7.63. The van der Waals surface area contributed by atoms with Crippen LogP contribution in [-0.4, -0.2) is 41.1 Å². The van der Waals surface area contributed by atoms with Gasteiger partial charge in [0, 0.05) is 6.42 Å². The highest BCUT2D eigenvalue weighted by atomic mass is 16.5. The Balaban J connectivity index is 1.61. The van der Waals surface area contributed by atoms with Crippen LogP contribution < -0.4 is 4.74 Å². The first-order valence-corrected chi connectivity index (χ1v) is 9.98. The monoisotopic (exact) mass is 373 g/mol. The summed E-state index contributed by atoms with van der Waals surface area (Å²) in [5, 5.41) is 10.4. The fourth-order valence-corrected chi connectivity index (χ4v) is 4.33. The molecule has 148 valence electrons. The number of aliphatic hydroxyl groups excluding tert-OH is 1. The van der Waals surface area contributed by atoms with E-state index in [9.17, 15) is 14.7 Å². The lowest BCUT2D eigenvalue weighted by Crippen LogP contribution is -2.42. The SMILES string of the molecule is CC(C)(C)c1ccccc1OC[C@@H](O)CN1C(=O)CC2(CCCCC2)C1=O. The number of β-amino-alcohol motifs (C(OH)–C–C–N with tert-alkyl or cyclic N) is 1. The zero-order chi connectivity index (χ0) is 19.7. The van der Waals surface area contributed by atoms with Gasteiger partial charge < -0.3 is 9.84 Å². The van der Waals surface area contributed by atoms with Crippen LogP contribution in [0.1, 0.15) is 64.9 Å². The molecule has 1 heterocycles. The van der Waals surface area contributed by atoms with E-state index in [0.717, 1.165) is 43.4 Å². The second-order valence-electron chi connectivity index (χ2n) is 9.04. The molecule has 0 radical (unpaired) electrons. The fraction of sp³-hybridized carbons (Fsp3) is 0.636. The number of hydrogen-bond acceptors (Lipinski definition) is 4. The highest BCUT2D eigenvalue weighted by molar-refractivity contribution is 6.06. The molecule has 5 nitrogen and oxygen atoms in total. The maximum Gasteiger partial charge on any atom is 0.235 e. The third-order valence-electron chi connectivity index (χ3n) is 5.82. The minimum Gasteiger partial charge on any atom is -0.491 e. The Morgan fingerprint density at radius 3 is 2.48 bits per heavy atom. The normalized spacial score (nSPS) is 21.0. The third-order valence-corrected chi connectivity index (χ3v) is 5.82. The molecule has 1 aromatic rings. The van der Waals surface area contributed by atoms with Crippen LogP contribution in [0.25, 0.3) is 0 Å². The molecular formula is C22H31NO4. The van der Waals surface area contributed by atoms with Crippen molar-refractivity contribution in [3.63, 3.8) is 0 Å². The summed E-state index contributed by atoms with van der Waals surface area (Å²) in [4.78, 5) is 26.5. The lowest BCUT2D eigenvalue weighted by atomic mass is 9.73. The zero-order valence-electron chi connectivity index (χ0n) is 16.7. The molecule has 1 saturated heterocycles. The van der Waals surface area contributed by atoms with Gasteiger partial charge in [0.2, 0.25) is 11.8 Å². The predicted molar refractivity (Wildman–Crippen MR) is 103 cm³/mol. The van der Waals surface area contributed by atoms with Crippen LogP contribution in [0, 0.1) is 5.41 Å². The summed E-state index contributed by atoms with van der Waals surface area (Å²) in [5.74, 6) is 0.476. The first kappa shape index (κ1) is 19.9. The molecule has 0 bridgehead atoms. The van der Waals surface area contributed by atoms with E-state index in [4.69, 9.17) is 4.74 Å². The number of para-hydroxylation sites is 1. The van der Waals surface area contributed by atoms with Crippen molar-refractivity contribution in [3.05, 3.63) is 29.8 Å². The molecule has 0 aromatic heterocycles. The van der Waals surface area contributed by atoms with Crippen molar-refractivity contribution in [1.29, 1.82) is 0 Å². The minimum absolute atomic E-state index is 0.0110. The highest BCUT2D eigenvalue weighted by Gasteiger charge is 2.51. The van der Waals surface area contributed by atoms with Gasteiger partial charge in [-0.15, -0.1) is 0 Å². The zero-order valence-corrected chi connectivity index (χ0v) is 16.7. The number of benzene rings is 1. The van der Waals surface area contributed by atoms with E-state index in [2.05, 4.69) is 20.8 Å². The van der Waals surface area contributed by atoms with Gasteiger partial charge >= 0.3 is 0 Å². The van der Waals surface area contributed by atoms with Crippen molar-refractivity contribution in [3.8, 4) is 5.75 Å². The van der Waals surface area contributed by atoms with Crippen molar-refractivity contribution >= 4 is 11.8 Å². The molecule has 1 N–H and O–H groups in total. The molecule has 2 aliphatic rings. The van der Waals surface area contributed by atoms with E-state index in [-0.39, 0.29) is 30.4 Å². The number of nitrogens with zero attached hydrogens (tertiary/aromatic N) is 1. The molecule has 0 unspecified atom stereocenters. The van der Waals surface area contributed by atoms with E-state index < -0.39 is 11.5 Å². The van der Waals surface area contributed by atoms with E-state index in [1.54, 1.807) is 0 Å². The van der Waals surface area contributed by atoms with Crippen molar-refractivity contribution in [2.75, 3.05) is 13.2 Å². The number of carbonyl (C=O) groups is 2. The summed E-state index contributed by atoms with van der Waals surface area (Å²) >= 11 is 0. The van der Waals surface area contributed by atoms with Crippen molar-refractivity contribution in [2.24, 2.45) is 5.41 Å². The molecule has 1 aliphatic heterocycles. The standard InChI is InChI=1S/C22H31NO4/c1-21(2,3)17-9-5-6-10-18(17)27-15-16(24)14-23-19(25)13-22(20(23)26)11-7-4-8-12-22/h5-6,9-10,16,24H,4,7-8,11-15H2,1-3H3/t16-/m0/s1. The van der Waals surface area contributed by atoms with E-state index in [0.29, 0.717) is 6.42 Å². The van der Waals surface area contributed by atoms with Gasteiger partial charge in [-0.25, -0.2) is 0 Å². The van der Waals surface area contributed by atoms with Crippen molar-refractivity contribution in [1.82, 2.24) is 4.90 Å². The number of aliphatic hydroxyl groups is 1. The number of imide groups is 1. The largest absolute Gasteiger partial charge is 0.491 e. The molecule has 1 atom stereocenters. The molecule has 1 aliphatic carbocycles. The Kier molecular flexibility index (Phi) is 5.61. The van der Waals surface area contributed by atoms with Gasteiger partial charge in [0.1, 0.15) is 18.5 Å². The van der Waals surface area contributed by atoms with Crippen LogP contribution in [-0.2, 0) is 15.0 Å². The van der Waals surface area contributed by atoms with Gasteiger partial charge in [-0.2, -0.15) is 0 Å². The molecule has 5 heteroatoms. The average molecular weight is 373 g/mol. The Hall–Kier alpha value is -1.88. The summed E-state index contributed by atoms with van der Waals surface area (Å²) in [6.45, 7) is 6.39. The number of likely N-dealkylation sites (tertiary alicyclic amines) is 1. The second-order valence-corrected chi connectivity index (χ2v) is 9.04. The molecule has 27 heavy (non-hydrogen) atoms. The van der Waals surface area contributed by atoms with E-state index in [1.807, 2.05) is 24.3 Å². The topological polar surface area (TPSA) is 66.8 Å². The fourth-order valence-electron chi connectivity index (χ4n) is 4.33. The van der Waals surface area contributed by atoms with Gasteiger partial charge in [-0.1, -0.05) is 58.2 Å². The average Bonchev–Trinajstić information content (AvgIpc) is 2.84. The first-order valence-electron chi connectivity index (χ1n) is 9.98. The molecule has 3 rings (SSSR count). The minimum atomic E-state index is -0.898.